The molecule has 37 heavy (non-hydrogen) atoms. The first kappa shape index (κ1) is 24.0. The number of nitrogens with one attached hydrogen (secondary N) is 1. The number of aromatic amines is 1. The Morgan fingerprint density at radius 2 is 1.76 bits per heavy atom. The summed E-state index contributed by atoms with van der Waals surface area (Å²) in [6, 6.07) is 17.3. The van der Waals surface area contributed by atoms with Gasteiger partial charge in [-0.15, -0.1) is 0 Å². The summed E-state index contributed by atoms with van der Waals surface area (Å²) in [6.45, 7) is 1.35. The molecule has 3 atom stereocenters. The number of amides is 2. The van der Waals surface area contributed by atoms with E-state index >= 15 is 0 Å². The highest BCUT2D eigenvalue weighted by Crippen LogP contribution is 2.51. The Kier molecular flexibility index (Phi) is 6.41. The molecule has 6 rings (SSSR count). The van der Waals surface area contributed by atoms with Crippen LogP contribution in [-0.4, -0.2) is 52.0 Å². The molecule has 0 bridgehead atoms. The molecule has 2 saturated heterocycles. The van der Waals surface area contributed by atoms with E-state index in [2.05, 4.69) is 11.1 Å². The summed E-state index contributed by atoms with van der Waals surface area (Å²) >= 11 is 0. The Hall–Kier alpha value is -3.32. The van der Waals surface area contributed by atoms with Crippen molar-refractivity contribution >= 4 is 22.9 Å². The molecular formula is C30H36N4O3. The lowest BCUT2D eigenvalue weighted by atomic mass is 9.82. The van der Waals surface area contributed by atoms with Gasteiger partial charge < -0.3 is 20.4 Å². The van der Waals surface area contributed by atoms with E-state index in [1.807, 2.05) is 64.5 Å². The maximum absolute atomic E-state index is 13.8. The van der Waals surface area contributed by atoms with Crippen LogP contribution in [0.4, 0.5) is 4.79 Å². The van der Waals surface area contributed by atoms with E-state index in [4.69, 9.17) is 10.5 Å². The second kappa shape index (κ2) is 9.86. The van der Waals surface area contributed by atoms with Gasteiger partial charge in [-0.2, -0.15) is 0 Å². The second-order valence-corrected chi connectivity index (χ2v) is 10.9. The van der Waals surface area contributed by atoms with Crippen LogP contribution in [0.3, 0.4) is 0 Å². The highest BCUT2D eigenvalue weighted by Gasteiger charge is 2.60. The van der Waals surface area contributed by atoms with Crippen LogP contribution in [0.2, 0.25) is 0 Å². The quantitative estimate of drug-likeness (QED) is 0.521. The van der Waals surface area contributed by atoms with Crippen molar-refractivity contribution in [1.29, 1.82) is 0 Å². The van der Waals surface area contributed by atoms with Gasteiger partial charge in [0.05, 0.1) is 17.6 Å². The molecule has 3 heterocycles. The van der Waals surface area contributed by atoms with Crippen LogP contribution in [0.1, 0.15) is 56.1 Å². The van der Waals surface area contributed by atoms with E-state index in [1.54, 1.807) is 0 Å². The molecule has 0 unspecified atom stereocenters. The average Bonchev–Trinajstić information content (AvgIpc) is 3.64. The largest absolute Gasteiger partial charge is 0.445 e. The average molecular weight is 501 g/mol. The normalized spacial score (nSPS) is 24.8. The predicted molar refractivity (Wildman–Crippen MR) is 143 cm³/mol. The van der Waals surface area contributed by atoms with Crippen molar-refractivity contribution in [2.75, 3.05) is 13.1 Å². The molecule has 3 aliphatic rings. The molecule has 3 fully saturated rings. The van der Waals surface area contributed by atoms with Crippen molar-refractivity contribution in [3.05, 3.63) is 71.9 Å². The maximum Gasteiger partial charge on any atom is 0.410 e. The number of likely N-dealkylation sites (tertiary alicyclic amines) is 2. The Morgan fingerprint density at radius 3 is 2.57 bits per heavy atom. The Labute approximate surface area is 217 Å². The van der Waals surface area contributed by atoms with E-state index < -0.39 is 11.6 Å². The van der Waals surface area contributed by atoms with Crippen LogP contribution >= 0.6 is 0 Å². The molecular weight excluding hydrogens is 464 g/mol. The van der Waals surface area contributed by atoms with Crippen molar-refractivity contribution in [3.63, 3.8) is 0 Å². The van der Waals surface area contributed by atoms with Gasteiger partial charge >= 0.3 is 6.09 Å². The number of benzene rings is 2. The molecule has 0 spiro atoms. The number of rotatable bonds is 5. The zero-order valence-corrected chi connectivity index (χ0v) is 21.3. The lowest BCUT2D eigenvalue weighted by molar-refractivity contribution is -0.135. The summed E-state index contributed by atoms with van der Waals surface area (Å²) in [7, 11) is 0. The standard InChI is InChI=1S/C30H36N4O3/c31-27(22-11-5-2-6-12-22)28(35)33-18-16-30(24-19-32-25-14-8-7-13-23(24)25)26(33)15-17-34(30)29(36)37-20-21-9-3-1-4-10-21/h1,3-4,7-10,13-14,19,22,26-27,32H,2,5-6,11-12,15-18,20,31H2/t26-,27+,30-/m1/s1. The van der Waals surface area contributed by atoms with Gasteiger partial charge in [-0.25, -0.2) is 4.79 Å². The molecule has 2 aromatic carbocycles. The van der Waals surface area contributed by atoms with Crippen molar-refractivity contribution < 1.29 is 14.3 Å². The monoisotopic (exact) mass is 500 g/mol. The number of carbonyl (C=O) groups is 2. The van der Waals surface area contributed by atoms with E-state index in [9.17, 15) is 9.59 Å². The van der Waals surface area contributed by atoms with Gasteiger partial charge in [0, 0.05) is 35.8 Å². The summed E-state index contributed by atoms with van der Waals surface area (Å²) in [5.74, 6) is 0.288. The molecule has 1 aromatic heterocycles. The number of fused-ring (bicyclic) bond motifs is 2. The highest BCUT2D eigenvalue weighted by molar-refractivity contribution is 5.87. The molecule has 7 heteroatoms. The van der Waals surface area contributed by atoms with Crippen molar-refractivity contribution in [2.24, 2.45) is 11.7 Å². The SMILES string of the molecule is N[C@H](C(=O)N1CC[C@@]2(c3c[nH]c4ccccc34)[C@H]1CCN2C(=O)OCc1ccccc1)C1CCCCC1. The number of hydrogen-bond donors (Lipinski definition) is 2. The van der Waals surface area contributed by atoms with Gasteiger partial charge in [-0.1, -0.05) is 67.8 Å². The Balaban J connectivity index is 1.32. The first-order chi connectivity index (χ1) is 18.1. The fourth-order valence-corrected chi connectivity index (χ4v) is 7.12. The maximum atomic E-state index is 13.8. The van der Waals surface area contributed by atoms with Crippen LogP contribution in [0, 0.1) is 5.92 Å². The molecule has 194 valence electrons. The molecule has 3 aromatic rings. The fraction of sp³-hybridized carbons (Fsp3) is 0.467. The lowest BCUT2D eigenvalue weighted by Gasteiger charge is -2.39. The predicted octanol–water partition coefficient (Wildman–Crippen LogP) is 4.91. The van der Waals surface area contributed by atoms with E-state index in [-0.39, 0.29) is 30.6 Å². The van der Waals surface area contributed by atoms with E-state index in [0.29, 0.717) is 25.9 Å². The van der Waals surface area contributed by atoms with Crippen LogP contribution in [0.15, 0.2) is 60.8 Å². The topological polar surface area (TPSA) is 91.7 Å². The number of H-pyrrole nitrogens is 1. The van der Waals surface area contributed by atoms with Crippen LogP contribution in [0.5, 0.6) is 0 Å². The Morgan fingerprint density at radius 1 is 1.00 bits per heavy atom. The van der Waals surface area contributed by atoms with Gasteiger partial charge in [0.15, 0.2) is 0 Å². The zero-order chi connectivity index (χ0) is 25.4. The zero-order valence-electron chi connectivity index (χ0n) is 21.3. The second-order valence-electron chi connectivity index (χ2n) is 10.9. The highest BCUT2D eigenvalue weighted by atomic mass is 16.6. The van der Waals surface area contributed by atoms with Gasteiger partial charge in [-0.05, 0) is 43.2 Å². The number of para-hydroxylation sites is 1. The van der Waals surface area contributed by atoms with Crippen LogP contribution in [0.25, 0.3) is 10.9 Å². The lowest BCUT2D eigenvalue weighted by Crippen LogP contribution is -2.54. The minimum atomic E-state index is -0.644. The summed E-state index contributed by atoms with van der Waals surface area (Å²) < 4.78 is 5.84. The number of ether oxygens (including phenoxy) is 1. The van der Waals surface area contributed by atoms with Gasteiger partial charge in [-0.3, -0.25) is 9.69 Å². The summed E-state index contributed by atoms with van der Waals surface area (Å²) in [5, 5.41) is 1.08. The molecule has 1 saturated carbocycles. The molecule has 2 aliphatic heterocycles. The number of nitrogens with zero attached hydrogens (tertiary/aromatic N) is 2. The number of aromatic nitrogens is 1. The Bertz CT molecular complexity index is 1270. The van der Waals surface area contributed by atoms with E-state index in [0.717, 1.165) is 47.7 Å². The number of hydrogen-bond acceptors (Lipinski definition) is 4. The molecule has 0 radical (unpaired) electrons. The third-order valence-corrected chi connectivity index (χ3v) is 8.98. The first-order valence-electron chi connectivity index (χ1n) is 13.7. The minimum Gasteiger partial charge on any atom is -0.445 e. The smallest absolute Gasteiger partial charge is 0.410 e. The van der Waals surface area contributed by atoms with E-state index in [1.165, 1.54) is 6.42 Å². The third kappa shape index (κ3) is 4.09. The molecule has 3 N–H and O–H groups in total. The van der Waals surface area contributed by atoms with Crippen LogP contribution < -0.4 is 5.73 Å². The minimum absolute atomic E-state index is 0.0399. The number of nitrogens with two attached hydrogens (primary N) is 1. The van der Waals surface area contributed by atoms with Gasteiger partial charge in [0.2, 0.25) is 5.91 Å². The molecule has 1 aliphatic carbocycles. The van der Waals surface area contributed by atoms with Gasteiger partial charge in [0.1, 0.15) is 6.61 Å². The number of carbonyl (C=O) groups excluding carboxylic acids is 2. The van der Waals surface area contributed by atoms with Gasteiger partial charge in [0.25, 0.3) is 0 Å². The fourth-order valence-electron chi connectivity index (χ4n) is 7.12. The summed E-state index contributed by atoms with van der Waals surface area (Å²) in [6.07, 6.45) is 8.65. The molecule has 7 nitrogen and oxygen atoms in total. The third-order valence-electron chi connectivity index (χ3n) is 8.98. The van der Waals surface area contributed by atoms with Crippen molar-refractivity contribution in [3.8, 4) is 0 Å². The van der Waals surface area contributed by atoms with Crippen LogP contribution in [-0.2, 0) is 21.7 Å². The summed E-state index contributed by atoms with van der Waals surface area (Å²) in [5.41, 5.74) is 9.01. The van der Waals surface area contributed by atoms with Crippen molar-refractivity contribution in [2.45, 2.75) is 69.2 Å². The molecule has 2 amide bonds. The van der Waals surface area contributed by atoms with Crippen molar-refractivity contribution in [1.82, 2.24) is 14.8 Å². The summed E-state index contributed by atoms with van der Waals surface area (Å²) in [4.78, 5) is 34.7. The first-order valence-corrected chi connectivity index (χ1v) is 13.7.